The van der Waals surface area contributed by atoms with E-state index in [-0.39, 0.29) is 11.4 Å². The number of hydrogen-bond donors (Lipinski definition) is 0. The molecule has 0 N–H and O–H groups in total. The average Bonchev–Trinajstić information content (AvgIpc) is 3.32. The smallest absolute Gasteiger partial charge is 0.331 e. The molecule has 0 bridgehead atoms. The highest BCUT2D eigenvalue weighted by atomic mass is 19.3. The maximum Gasteiger partial charge on any atom is 0.331 e. The molecular weight excluding hydrogens is 428 g/mol. The second-order valence-corrected chi connectivity index (χ2v) is 8.02. The van der Waals surface area contributed by atoms with Gasteiger partial charge in [-0.2, -0.15) is 8.78 Å². The molecule has 4 heterocycles. The quantitative estimate of drug-likeness (QED) is 0.373. The number of hydrogen-bond acceptors (Lipinski definition) is 6. The molecule has 0 radical (unpaired) electrons. The van der Waals surface area contributed by atoms with Gasteiger partial charge in [-0.15, -0.1) is 0 Å². The van der Waals surface area contributed by atoms with Crippen LogP contribution in [-0.4, -0.2) is 31.8 Å². The summed E-state index contributed by atoms with van der Waals surface area (Å²) in [6, 6.07) is 6.58. The van der Waals surface area contributed by atoms with Crippen LogP contribution in [0.15, 0.2) is 41.2 Å². The molecule has 168 valence electrons. The van der Waals surface area contributed by atoms with E-state index in [1.54, 1.807) is 33.2 Å². The van der Waals surface area contributed by atoms with Crippen LogP contribution in [0.2, 0.25) is 0 Å². The molecule has 0 saturated carbocycles. The summed E-state index contributed by atoms with van der Waals surface area (Å²) >= 11 is 0. The first kappa shape index (κ1) is 21.0. The fourth-order valence-corrected chi connectivity index (χ4v) is 4.22. The number of rotatable bonds is 4. The number of nitrogens with zero attached hydrogens (tertiary/aromatic N) is 5. The fourth-order valence-electron chi connectivity index (χ4n) is 4.22. The number of pyridine rings is 2. The van der Waals surface area contributed by atoms with Crippen LogP contribution in [0.1, 0.15) is 28.5 Å². The van der Waals surface area contributed by atoms with E-state index in [4.69, 9.17) is 9.26 Å². The Hall–Kier alpha value is -3.88. The molecule has 5 rings (SSSR count). The minimum Gasteiger partial charge on any atom is -0.496 e. The van der Waals surface area contributed by atoms with E-state index in [0.717, 1.165) is 16.8 Å². The zero-order valence-electron chi connectivity index (χ0n) is 18.8. The van der Waals surface area contributed by atoms with E-state index >= 15 is 8.78 Å². The van der Waals surface area contributed by atoms with Crippen molar-refractivity contribution in [1.82, 2.24) is 24.7 Å². The lowest BCUT2D eigenvalue weighted by Gasteiger charge is -2.16. The van der Waals surface area contributed by atoms with E-state index in [1.165, 1.54) is 23.0 Å². The van der Waals surface area contributed by atoms with Gasteiger partial charge < -0.3 is 13.8 Å². The Bertz CT molecular complexity index is 1500. The lowest BCUT2D eigenvalue weighted by atomic mass is 10.0. The van der Waals surface area contributed by atoms with E-state index in [0.29, 0.717) is 39.1 Å². The van der Waals surface area contributed by atoms with Gasteiger partial charge in [-0.3, -0.25) is 9.97 Å². The van der Waals surface area contributed by atoms with Crippen molar-refractivity contribution in [2.45, 2.75) is 26.7 Å². The Morgan fingerprint density at radius 2 is 1.82 bits per heavy atom. The molecule has 0 atom stereocenters. The van der Waals surface area contributed by atoms with Gasteiger partial charge in [-0.25, -0.2) is 4.98 Å². The van der Waals surface area contributed by atoms with Gasteiger partial charge in [0.1, 0.15) is 17.0 Å². The summed E-state index contributed by atoms with van der Waals surface area (Å²) in [7, 11) is 3.14. The van der Waals surface area contributed by atoms with Gasteiger partial charge in [0.2, 0.25) is 0 Å². The number of aryl methyl sites for hydroxylation is 4. The van der Waals surface area contributed by atoms with E-state index in [2.05, 4.69) is 20.1 Å². The highest BCUT2D eigenvalue weighted by Crippen LogP contribution is 2.41. The van der Waals surface area contributed by atoms with E-state index < -0.39 is 5.92 Å². The highest BCUT2D eigenvalue weighted by molar-refractivity contribution is 6.05. The predicted octanol–water partition coefficient (Wildman–Crippen LogP) is 5.25. The molecule has 0 aliphatic heterocycles. The van der Waals surface area contributed by atoms with Crippen LogP contribution in [0.3, 0.4) is 0 Å². The van der Waals surface area contributed by atoms with E-state index in [1.807, 2.05) is 19.9 Å². The molecule has 7 nitrogen and oxygen atoms in total. The number of halogens is 2. The first-order valence-corrected chi connectivity index (χ1v) is 10.3. The summed E-state index contributed by atoms with van der Waals surface area (Å²) in [5, 5.41) is 4.67. The third-order valence-corrected chi connectivity index (χ3v) is 5.88. The minimum atomic E-state index is -3.33. The number of fused-ring (bicyclic) bond motifs is 3. The van der Waals surface area contributed by atoms with Gasteiger partial charge >= 0.3 is 5.92 Å². The average molecular weight is 449 g/mol. The summed E-state index contributed by atoms with van der Waals surface area (Å²) in [4.78, 5) is 12.8. The van der Waals surface area contributed by atoms with Crippen molar-refractivity contribution < 1.29 is 18.0 Å². The van der Waals surface area contributed by atoms with Crippen molar-refractivity contribution in [1.29, 1.82) is 0 Å². The van der Waals surface area contributed by atoms with Gasteiger partial charge in [0.05, 0.1) is 35.6 Å². The molecule has 0 fully saturated rings. The number of alkyl halides is 2. The lowest BCUT2D eigenvalue weighted by molar-refractivity contribution is 0.0301. The van der Waals surface area contributed by atoms with Gasteiger partial charge in [0.15, 0.2) is 5.82 Å². The monoisotopic (exact) mass is 449 g/mol. The maximum absolute atomic E-state index is 15.4. The van der Waals surface area contributed by atoms with Crippen LogP contribution in [0.4, 0.5) is 8.78 Å². The van der Waals surface area contributed by atoms with Crippen molar-refractivity contribution >= 4 is 21.9 Å². The largest absolute Gasteiger partial charge is 0.496 e. The van der Waals surface area contributed by atoms with E-state index in [9.17, 15) is 0 Å². The molecule has 1 aromatic carbocycles. The number of methoxy groups -OCH3 is 1. The molecule has 0 amide bonds. The Morgan fingerprint density at radius 1 is 1.03 bits per heavy atom. The molecule has 0 aliphatic rings. The minimum absolute atomic E-state index is 0.220. The number of benzene rings is 1. The summed E-state index contributed by atoms with van der Waals surface area (Å²) in [5.41, 5.74) is 4.28. The third-order valence-electron chi connectivity index (χ3n) is 5.88. The summed E-state index contributed by atoms with van der Waals surface area (Å²) < 4.78 is 43.2. The van der Waals surface area contributed by atoms with Gasteiger partial charge in [0, 0.05) is 35.5 Å². The van der Waals surface area contributed by atoms with Crippen molar-refractivity contribution in [2.75, 3.05) is 7.11 Å². The summed E-state index contributed by atoms with van der Waals surface area (Å²) in [6.07, 6.45) is 2.69. The molecule has 0 aliphatic carbocycles. The standard InChI is InChI=1S/C24H21F2N5O2/c1-12-6-7-15(10-27-12)24(25,26)23-29-19-11-28-18-8-17(21-13(2)30-33-14(21)3)20(32-5)9-16(18)22(19)31(23)4/h6-11H,1-5H3. The first-order chi connectivity index (χ1) is 15.7. The Labute approximate surface area is 188 Å². The van der Waals surface area contributed by atoms with Crippen molar-refractivity contribution in [3.05, 3.63) is 65.2 Å². The zero-order chi connectivity index (χ0) is 23.5. The highest BCUT2D eigenvalue weighted by Gasteiger charge is 2.39. The van der Waals surface area contributed by atoms with Gasteiger partial charge in [0.25, 0.3) is 0 Å². The van der Waals surface area contributed by atoms with Crippen LogP contribution in [0.25, 0.3) is 33.1 Å². The number of imidazole rings is 1. The van der Waals surface area contributed by atoms with Crippen LogP contribution < -0.4 is 4.74 Å². The normalized spacial score (nSPS) is 12.1. The molecule has 33 heavy (non-hydrogen) atoms. The first-order valence-electron chi connectivity index (χ1n) is 10.3. The molecule has 0 spiro atoms. The van der Waals surface area contributed by atoms with Gasteiger partial charge in [-0.1, -0.05) is 5.16 Å². The van der Waals surface area contributed by atoms with Crippen molar-refractivity contribution in [2.24, 2.45) is 7.05 Å². The van der Waals surface area contributed by atoms with Crippen LogP contribution >= 0.6 is 0 Å². The molecule has 9 heteroatoms. The molecule has 0 unspecified atom stereocenters. The zero-order valence-corrected chi connectivity index (χ0v) is 18.8. The second-order valence-electron chi connectivity index (χ2n) is 8.02. The summed E-state index contributed by atoms with van der Waals surface area (Å²) in [5.74, 6) is -2.50. The molecular formula is C24H21F2N5O2. The molecule has 4 aromatic heterocycles. The molecule has 5 aromatic rings. The fraction of sp³-hybridized carbons (Fsp3) is 0.250. The SMILES string of the molecule is COc1cc2c(cc1-c1c(C)noc1C)ncc1nc(C(F)(F)c3ccc(C)nc3)n(C)c12. The van der Waals surface area contributed by atoms with Gasteiger partial charge in [-0.05, 0) is 45.0 Å². The van der Waals surface area contributed by atoms with Crippen LogP contribution in [0, 0.1) is 20.8 Å². The number of ether oxygens (including phenoxy) is 1. The third kappa shape index (κ3) is 3.14. The maximum atomic E-state index is 15.4. The Balaban J connectivity index is 1.75. The second kappa shape index (κ2) is 7.33. The number of aromatic nitrogens is 5. The van der Waals surface area contributed by atoms with Crippen LogP contribution in [0.5, 0.6) is 5.75 Å². The molecule has 0 saturated heterocycles. The topological polar surface area (TPSA) is 78.9 Å². The lowest BCUT2D eigenvalue weighted by Crippen LogP contribution is -2.20. The Morgan fingerprint density at radius 3 is 2.45 bits per heavy atom. The van der Waals surface area contributed by atoms with Crippen molar-refractivity contribution in [3.8, 4) is 16.9 Å². The Kier molecular flexibility index (Phi) is 4.66. The summed E-state index contributed by atoms with van der Waals surface area (Å²) in [6.45, 7) is 5.42. The van der Waals surface area contributed by atoms with Crippen LogP contribution in [-0.2, 0) is 13.0 Å². The van der Waals surface area contributed by atoms with Crippen molar-refractivity contribution in [3.63, 3.8) is 0 Å². The predicted molar refractivity (Wildman–Crippen MR) is 120 cm³/mol.